The standard InChI is InChI=1S/C23H25ClF3N3O2/c1-21(2,17-9-15(24)6-13-4-5-32-20(13)17)12-22(31,23(25,26)27)10-16-7-14-8-19(28-3)29-11-18(14)30-16/h6-9,11,30-31H,4-5,10,12H2,1-3H3,(H,28,29). The minimum atomic E-state index is -4.85. The number of alkyl halides is 3. The molecule has 0 saturated heterocycles. The van der Waals surface area contributed by atoms with Gasteiger partial charge in [0.25, 0.3) is 0 Å². The van der Waals surface area contributed by atoms with Crippen LogP contribution in [-0.4, -0.2) is 40.5 Å². The molecule has 172 valence electrons. The Morgan fingerprint density at radius 3 is 2.66 bits per heavy atom. The number of fused-ring (bicyclic) bond motifs is 2. The molecule has 1 aliphatic heterocycles. The van der Waals surface area contributed by atoms with Crippen molar-refractivity contribution in [1.82, 2.24) is 9.97 Å². The second kappa shape index (κ2) is 7.85. The van der Waals surface area contributed by atoms with Crippen molar-refractivity contribution in [2.24, 2.45) is 0 Å². The van der Waals surface area contributed by atoms with Crippen LogP contribution in [0.4, 0.5) is 19.0 Å². The monoisotopic (exact) mass is 467 g/mol. The summed E-state index contributed by atoms with van der Waals surface area (Å²) in [5, 5.41) is 15.0. The number of hydrogen-bond acceptors (Lipinski definition) is 4. The lowest BCUT2D eigenvalue weighted by Gasteiger charge is -2.38. The van der Waals surface area contributed by atoms with Crippen molar-refractivity contribution in [3.63, 3.8) is 0 Å². The molecule has 2 aromatic heterocycles. The quantitative estimate of drug-likeness (QED) is 0.454. The maximum atomic E-state index is 14.2. The lowest BCUT2D eigenvalue weighted by molar-refractivity contribution is -0.266. The summed E-state index contributed by atoms with van der Waals surface area (Å²) >= 11 is 6.24. The molecule has 0 bridgehead atoms. The Hall–Kier alpha value is -2.45. The van der Waals surface area contributed by atoms with Gasteiger partial charge in [0.15, 0.2) is 5.60 Å². The Morgan fingerprint density at radius 2 is 1.97 bits per heavy atom. The molecular weight excluding hydrogens is 443 g/mol. The Balaban J connectivity index is 1.70. The molecule has 0 fully saturated rings. The van der Waals surface area contributed by atoms with Gasteiger partial charge in [-0.1, -0.05) is 25.4 Å². The number of nitrogens with one attached hydrogen (secondary N) is 2. The average Bonchev–Trinajstić information content (AvgIpc) is 3.30. The van der Waals surface area contributed by atoms with E-state index in [2.05, 4.69) is 15.3 Å². The first-order chi connectivity index (χ1) is 14.9. The first-order valence-electron chi connectivity index (χ1n) is 10.3. The molecule has 0 spiro atoms. The van der Waals surface area contributed by atoms with Crippen LogP contribution in [-0.2, 0) is 18.3 Å². The van der Waals surface area contributed by atoms with Crippen LogP contribution in [0.15, 0.2) is 30.5 Å². The normalized spacial score (nSPS) is 16.0. The van der Waals surface area contributed by atoms with Gasteiger partial charge >= 0.3 is 6.18 Å². The van der Waals surface area contributed by atoms with Crippen LogP contribution < -0.4 is 10.1 Å². The van der Waals surface area contributed by atoms with Crippen molar-refractivity contribution in [2.45, 2.75) is 50.3 Å². The molecule has 1 unspecified atom stereocenters. The lowest BCUT2D eigenvalue weighted by atomic mass is 9.73. The van der Waals surface area contributed by atoms with Gasteiger partial charge < -0.3 is 20.1 Å². The first-order valence-corrected chi connectivity index (χ1v) is 10.7. The molecule has 32 heavy (non-hydrogen) atoms. The molecule has 0 radical (unpaired) electrons. The van der Waals surface area contributed by atoms with Gasteiger partial charge in [-0.3, -0.25) is 0 Å². The number of hydrogen-bond donors (Lipinski definition) is 3. The van der Waals surface area contributed by atoms with E-state index in [1.54, 1.807) is 51.4 Å². The molecule has 1 aliphatic rings. The molecule has 4 rings (SSSR count). The summed E-state index contributed by atoms with van der Waals surface area (Å²) in [6.07, 6.45) is -3.82. The smallest absolute Gasteiger partial charge is 0.417 e. The molecular formula is C23H25ClF3N3O2. The van der Waals surface area contributed by atoms with Gasteiger partial charge in [0.2, 0.25) is 0 Å². The molecule has 1 aromatic carbocycles. The highest BCUT2D eigenvalue weighted by molar-refractivity contribution is 6.30. The fraction of sp³-hybridized carbons (Fsp3) is 0.435. The van der Waals surface area contributed by atoms with Crippen LogP contribution in [0.3, 0.4) is 0 Å². The van der Waals surface area contributed by atoms with Crippen molar-refractivity contribution < 1.29 is 23.0 Å². The van der Waals surface area contributed by atoms with E-state index in [-0.39, 0.29) is 5.69 Å². The zero-order chi connectivity index (χ0) is 23.3. The third-order valence-corrected chi connectivity index (χ3v) is 6.26. The minimum absolute atomic E-state index is 0.276. The fourth-order valence-electron chi connectivity index (χ4n) is 4.50. The van der Waals surface area contributed by atoms with Crippen molar-refractivity contribution in [2.75, 3.05) is 19.0 Å². The third kappa shape index (κ3) is 4.13. The van der Waals surface area contributed by atoms with E-state index < -0.39 is 30.0 Å². The molecule has 3 N–H and O–H groups in total. The van der Waals surface area contributed by atoms with Crippen molar-refractivity contribution in [3.8, 4) is 5.75 Å². The van der Waals surface area contributed by atoms with Crippen LogP contribution in [0.2, 0.25) is 5.02 Å². The van der Waals surface area contributed by atoms with E-state index in [4.69, 9.17) is 16.3 Å². The summed E-state index contributed by atoms with van der Waals surface area (Å²) < 4.78 is 48.4. The first kappa shape index (κ1) is 22.7. The van der Waals surface area contributed by atoms with Crippen molar-refractivity contribution in [3.05, 3.63) is 52.3 Å². The number of ether oxygens (including phenoxy) is 1. The molecule has 1 atom stereocenters. The topological polar surface area (TPSA) is 70.2 Å². The summed E-state index contributed by atoms with van der Waals surface area (Å²) in [5.41, 5.74) is -1.71. The highest BCUT2D eigenvalue weighted by Crippen LogP contribution is 2.47. The minimum Gasteiger partial charge on any atom is -0.493 e. The van der Waals surface area contributed by atoms with E-state index >= 15 is 0 Å². The van der Waals surface area contributed by atoms with Crippen molar-refractivity contribution in [1.29, 1.82) is 0 Å². The van der Waals surface area contributed by atoms with Gasteiger partial charge in [0.1, 0.15) is 11.6 Å². The number of aromatic nitrogens is 2. The molecule has 5 nitrogen and oxygen atoms in total. The third-order valence-electron chi connectivity index (χ3n) is 6.04. The SMILES string of the molecule is CNc1cc2cc(CC(O)(CC(C)(C)c3cc(Cl)cc4c3OCC4)C(F)(F)F)[nH]c2cn1. The van der Waals surface area contributed by atoms with Crippen molar-refractivity contribution >= 4 is 28.3 Å². The van der Waals surface area contributed by atoms with Gasteiger partial charge in [-0.25, -0.2) is 4.98 Å². The van der Waals surface area contributed by atoms with E-state index in [0.717, 1.165) is 5.56 Å². The predicted molar refractivity (Wildman–Crippen MR) is 119 cm³/mol. The Kier molecular flexibility index (Phi) is 5.57. The Labute approximate surface area is 189 Å². The number of aromatic amines is 1. The largest absolute Gasteiger partial charge is 0.493 e. The molecule has 3 heterocycles. The summed E-state index contributed by atoms with van der Waals surface area (Å²) in [4.78, 5) is 7.13. The number of benzene rings is 1. The fourth-order valence-corrected chi connectivity index (χ4v) is 4.74. The average molecular weight is 468 g/mol. The van der Waals surface area contributed by atoms with Crippen LogP contribution >= 0.6 is 11.6 Å². The van der Waals surface area contributed by atoms with E-state index in [1.165, 1.54) is 0 Å². The van der Waals surface area contributed by atoms with Gasteiger partial charge in [-0.15, -0.1) is 0 Å². The Bertz CT molecular complexity index is 1160. The molecule has 0 amide bonds. The molecule has 0 saturated carbocycles. The van der Waals surface area contributed by atoms with Gasteiger partial charge in [-0.05, 0) is 41.7 Å². The highest BCUT2D eigenvalue weighted by Gasteiger charge is 2.56. The van der Waals surface area contributed by atoms with Crippen LogP contribution in [0, 0.1) is 0 Å². The number of aliphatic hydroxyl groups is 1. The maximum Gasteiger partial charge on any atom is 0.417 e. The number of nitrogens with zero attached hydrogens (tertiary/aromatic N) is 1. The van der Waals surface area contributed by atoms with E-state index in [9.17, 15) is 18.3 Å². The summed E-state index contributed by atoms with van der Waals surface area (Å²) in [5.74, 6) is 1.17. The highest BCUT2D eigenvalue weighted by atomic mass is 35.5. The second-order valence-electron chi connectivity index (χ2n) is 9.01. The van der Waals surface area contributed by atoms with Crippen LogP contribution in [0.5, 0.6) is 5.75 Å². The number of H-pyrrole nitrogens is 1. The second-order valence-corrected chi connectivity index (χ2v) is 9.44. The number of rotatable bonds is 6. The van der Waals surface area contributed by atoms with E-state index in [0.29, 0.717) is 46.1 Å². The molecule has 0 aliphatic carbocycles. The number of pyridine rings is 1. The predicted octanol–water partition coefficient (Wildman–Crippen LogP) is 5.40. The Morgan fingerprint density at radius 1 is 1.22 bits per heavy atom. The van der Waals surface area contributed by atoms with E-state index in [1.807, 2.05) is 0 Å². The summed E-state index contributed by atoms with van der Waals surface area (Å²) in [7, 11) is 1.71. The van der Waals surface area contributed by atoms with Crippen LogP contribution in [0.25, 0.3) is 10.9 Å². The van der Waals surface area contributed by atoms with Gasteiger partial charge in [0.05, 0.1) is 18.3 Å². The summed E-state index contributed by atoms with van der Waals surface area (Å²) in [6, 6.07) is 6.76. The maximum absolute atomic E-state index is 14.2. The molecule has 9 heteroatoms. The summed E-state index contributed by atoms with van der Waals surface area (Å²) in [6.45, 7) is 3.80. The van der Waals surface area contributed by atoms with Gasteiger partial charge in [-0.2, -0.15) is 13.2 Å². The zero-order valence-electron chi connectivity index (χ0n) is 18.0. The molecule has 3 aromatic rings. The number of anilines is 1. The van der Waals surface area contributed by atoms with Crippen LogP contribution in [0.1, 0.15) is 37.1 Å². The lowest BCUT2D eigenvalue weighted by Crippen LogP contribution is -2.51. The van der Waals surface area contributed by atoms with Gasteiger partial charge in [0, 0.05) is 41.6 Å². The zero-order valence-corrected chi connectivity index (χ0v) is 18.8. The number of halogens is 4.